The molecule has 0 saturated carbocycles. The van der Waals surface area contributed by atoms with Crippen LogP contribution in [0.3, 0.4) is 0 Å². The van der Waals surface area contributed by atoms with Crippen molar-refractivity contribution in [2.24, 2.45) is 5.73 Å². The van der Waals surface area contributed by atoms with Crippen LogP contribution < -0.4 is 16.0 Å². The molecule has 1 aromatic rings. The van der Waals surface area contributed by atoms with E-state index >= 15 is 0 Å². The second kappa shape index (κ2) is 6.91. The van der Waals surface area contributed by atoms with E-state index in [2.05, 4.69) is 29.3 Å². The summed E-state index contributed by atoms with van der Waals surface area (Å²) in [6, 6.07) is 8.15. The molecule has 0 saturated heterocycles. The van der Waals surface area contributed by atoms with Gasteiger partial charge in [0.05, 0.1) is 0 Å². The average Bonchev–Trinajstić information content (AvgIpc) is 2.39. The van der Waals surface area contributed by atoms with Gasteiger partial charge in [-0.3, -0.25) is 4.79 Å². The van der Waals surface area contributed by atoms with Crippen LogP contribution in [0.5, 0.6) is 0 Å². The second-order valence-electron chi connectivity index (χ2n) is 3.87. The molecule has 0 fully saturated rings. The Labute approximate surface area is 103 Å². The zero-order valence-electron chi connectivity index (χ0n) is 10.6. The number of hydrogen-bond acceptors (Lipinski definition) is 3. The number of amides is 1. The number of nitrogens with one attached hydrogen (secondary N) is 1. The van der Waals surface area contributed by atoms with Crippen molar-refractivity contribution in [2.75, 3.05) is 25.0 Å². The van der Waals surface area contributed by atoms with Gasteiger partial charge in [0.2, 0.25) is 5.91 Å². The molecular formula is C13H21N3O. The first-order chi connectivity index (χ1) is 8.21. The van der Waals surface area contributed by atoms with Crippen LogP contribution in [0.1, 0.15) is 18.9 Å². The minimum Gasteiger partial charge on any atom is -0.371 e. The third kappa shape index (κ3) is 4.07. The summed E-state index contributed by atoms with van der Waals surface area (Å²) in [6.07, 6.45) is 0.517. The van der Waals surface area contributed by atoms with Gasteiger partial charge in [-0.15, -0.1) is 0 Å². The number of benzene rings is 1. The second-order valence-corrected chi connectivity index (χ2v) is 3.87. The summed E-state index contributed by atoms with van der Waals surface area (Å²) in [5, 5.41) is 2.63. The number of hydrogen-bond donors (Lipinski definition) is 2. The molecule has 0 aromatic heterocycles. The molecule has 1 rings (SSSR count). The van der Waals surface area contributed by atoms with Crippen LogP contribution in [0.25, 0.3) is 0 Å². The van der Waals surface area contributed by atoms with Crippen molar-refractivity contribution in [2.45, 2.75) is 19.9 Å². The minimum atomic E-state index is 0.0713. The number of rotatable bonds is 6. The molecule has 17 heavy (non-hydrogen) atoms. The van der Waals surface area contributed by atoms with E-state index in [1.54, 1.807) is 7.05 Å². The molecule has 0 heterocycles. The van der Waals surface area contributed by atoms with E-state index in [4.69, 9.17) is 5.73 Å². The van der Waals surface area contributed by atoms with Gasteiger partial charge in [0.15, 0.2) is 0 Å². The predicted octanol–water partition coefficient (Wildman–Crippen LogP) is 1.11. The fourth-order valence-corrected chi connectivity index (χ4v) is 1.67. The molecule has 1 aromatic carbocycles. The van der Waals surface area contributed by atoms with Crippen LogP contribution in [0.2, 0.25) is 0 Å². The first-order valence-electron chi connectivity index (χ1n) is 5.95. The Morgan fingerprint density at radius 3 is 2.47 bits per heavy atom. The minimum absolute atomic E-state index is 0.0713. The molecule has 4 nitrogen and oxygen atoms in total. The summed E-state index contributed by atoms with van der Waals surface area (Å²) in [5.74, 6) is 0.0713. The van der Waals surface area contributed by atoms with Gasteiger partial charge in [0, 0.05) is 38.8 Å². The van der Waals surface area contributed by atoms with E-state index in [-0.39, 0.29) is 5.91 Å². The fraction of sp³-hybridized carbons (Fsp3) is 0.462. The van der Waals surface area contributed by atoms with E-state index in [9.17, 15) is 4.79 Å². The lowest BCUT2D eigenvalue weighted by molar-refractivity contribution is -0.120. The summed E-state index contributed by atoms with van der Waals surface area (Å²) in [6.45, 7) is 4.27. The van der Waals surface area contributed by atoms with E-state index in [1.165, 1.54) is 0 Å². The third-order valence-electron chi connectivity index (χ3n) is 2.81. The third-order valence-corrected chi connectivity index (χ3v) is 2.81. The van der Waals surface area contributed by atoms with Crippen molar-refractivity contribution < 1.29 is 4.79 Å². The van der Waals surface area contributed by atoms with E-state index < -0.39 is 0 Å². The number of carbonyl (C=O) groups is 1. The highest BCUT2D eigenvalue weighted by molar-refractivity contribution is 5.76. The first kappa shape index (κ1) is 13.5. The standard InChI is InChI=1S/C13H21N3O/c1-3-16(9-8-13(17)15-2)12-6-4-11(10-14)5-7-12/h4-7H,3,8-10,14H2,1-2H3,(H,15,17). The molecule has 0 unspecified atom stereocenters. The number of nitrogens with two attached hydrogens (primary N) is 1. The Hall–Kier alpha value is -1.55. The highest BCUT2D eigenvalue weighted by atomic mass is 16.1. The summed E-state index contributed by atoms with van der Waals surface area (Å²) >= 11 is 0. The zero-order chi connectivity index (χ0) is 12.7. The van der Waals surface area contributed by atoms with Gasteiger partial charge < -0.3 is 16.0 Å². The molecule has 0 aliphatic heterocycles. The maximum Gasteiger partial charge on any atom is 0.221 e. The van der Waals surface area contributed by atoms with Gasteiger partial charge in [0.25, 0.3) is 0 Å². The Morgan fingerprint density at radius 1 is 1.35 bits per heavy atom. The van der Waals surface area contributed by atoms with Gasteiger partial charge in [-0.05, 0) is 24.6 Å². The van der Waals surface area contributed by atoms with Gasteiger partial charge in [-0.2, -0.15) is 0 Å². The van der Waals surface area contributed by atoms with Crippen LogP contribution in [0, 0.1) is 0 Å². The summed E-state index contributed by atoms with van der Waals surface area (Å²) in [7, 11) is 1.66. The topological polar surface area (TPSA) is 58.4 Å². The lowest BCUT2D eigenvalue weighted by atomic mass is 10.2. The Bertz CT molecular complexity index is 348. The zero-order valence-corrected chi connectivity index (χ0v) is 10.6. The Morgan fingerprint density at radius 2 is 2.00 bits per heavy atom. The van der Waals surface area contributed by atoms with Crippen LogP contribution in [-0.4, -0.2) is 26.0 Å². The molecule has 94 valence electrons. The van der Waals surface area contributed by atoms with E-state index in [1.807, 2.05) is 12.1 Å². The molecule has 0 radical (unpaired) electrons. The maximum absolute atomic E-state index is 11.2. The van der Waals surface area contributed by atoms with Gasteiger partial charge in [0.1, 0.15) is 0 Å². The molecule has 1 amide bonds. The van der Waals surface area contributed by atoms with Gasteiger partial charge in [-0.25, -0.2) is 0 Å². The quantitative estimate of drug-likeness (QED) is 0.776. The SMILES string of the molecule is CCN(CCC(=O)NC)c1ccc(CN)cc1. The summed E-state index contributed by atoms with van der Waals surface area (Å²) < 4.78 is 0. The number of anilines is 1. The molecule has 3 N–H and O–H groups in total. The highest BCUT2D eigenvalue weighted by Gasteiger charge is 2.06. The average molecular weight is 235 g/mol. The largest absolute Gasteiger partial charge is 0.371 e. The molecule has 0 aliphatic rings. The van der Waals surface area contributed by atoms with Crippen LogP contribution >= 0.6 is 0 Å². The number of carbonyl (C=O) groups excluding carboxylic acids is 1. The van der Waals surface area contributed by atoms with Crippen molar-refractivity contribution in [3.63, 3.8) is 0 Å². The summed E-state index contributed by atoms with van der Waals surface area (Å²) in [5.41, 5.74) is 7.81. The van der Waals surface area contributed by atoms with Crippen molar-refractivity contribution >= 4 is 11.6 Å². The fourth-order valence-electron chi connectivity index (χ4n) is 1.67. The van der Waals surface area contributed by atoms with E-state index in [0.717, 1.165) is 24.3 Å². The molecule has 0 atom stereocenters. The summed E-state index contributed by atoms with van der Waals surface area (Å²) in [4.78, 5) is 13.4. The van der Waals surface area contributed by atoms with E-state index in [0.29, 0.717) is 13.0 Å². The Kier molecular flexibility index (Phi) is 5.49. The Balaban J connectivity index is 2.62. The molecular weight excluding hydrogens is 214 g/mol. The van der Waals surface area contributed by atoms with Crippen LogP contribution in [0.4, 0.5) is 5.69 Å². The van der Waals surface area contributed by atoms with Crippen molar-refractivity contribution in [1.29, 1.82) is 0 Å². The van der Waals surface area contributed by atoms with Crippen LogP contribution in [-0.2, 0) is 11.3 Å². The maximum atomic E-state index is 11.2. The van der Waals surface area contributed by atoms with Crippen molar-refractivity contribution in [3.05, 3.63) is 29.8 Å². The monoisotopic (exact) mass is 235 g/mol. The van der Waals surface area contributed by atoms with Crippen molar-refractivity contribution in [3.8, 4) is 0 Å². The number of nitrogens with zero attached hydrogens (tertiary/aromatic N) is 1. The molecule has 0 aliphatic carbocycles. The lowest BCUT2D eigenvalue weighted by Gasteiger charge is -2.22. The highest BCUT2D eigenvalue weighted by Crippen LogP contribution is 2.15. The molecule has 0 spiro atoms. The lowest BCUT2D eigenvalue weighted by Crippen LogP contribution is -2.29. The first-order valence-corrected chi connectivity index (χ1v) is 5.95. The molecule has 4 heteroatoms. The van der Waals surface area contributed by atoms with Crippen molar-refractivity contribution in [1.82, 2.24) is 5.32 Å². The van der Waals surface area contributed by atoms with Crippen LogP contribution in [0.15, 0.2) is 24.3 Å². The molecule has 0 bridgehead atoms. The van der Waals surface area contributed by atoms with Gasteiger partial charge >= 0.3 is 0 Å². The normalized spacial score (nSPS) is 10.1. The smallest absolute Gasteiger partial charge is 0.221 e. The predicted molar refractivity (Wildman–Crippen MR) is 70.9 cm³/mol. The van der Waals surface area contributed by atoms with Gasteiger partial charge in [-0.1, -0.05) is 12.1 Å².